The molecule has 31 heavy (non-hydrogen) atoms. The lowest BCUT2D eigenvalue weighted by molar-refractivity contribution is 0.148. The van der Waals surface area contributed by atoms with Gasteiger partial charge >= 0.3 is 0 Å². The standard InChI is InChI=1S/C24H28ClN5O/c1-17-22(15-18-3-7-20(25)8-4-18)23(31)28-24(26-17)27-21-9-5-19(6-10-21)16-30-13-11-29(2)12-14-30/h3-10H,11-16H2,1-2H3,(H2,26,27,28,31). The molecule has 0 amide bonds. The first kappa shape index (κ1) is 21.6. The Morgan fingerprint density at radius 1 is 1.00 bits per heavy atom. The Morgan fingerprint density at radius 3 is 2.29 bits per heavy atom. The van der Waals surface area contributed by atoms with Gasteiger partial charge < -0.3 is 10.2 Å². The van der Waals surface area contributed by atoms with E-state index in [0.717, 1.165) is 44.0 Å². The van der Waals surface area contributed by atoms with Gasteiger partial charge in [0.05, 0.1) is 5.69 Å². The molecule has 0 aliphatic carbocycles. The molecule has 3 aromatic rings. The maximum absolute atomic E-state index is 12.7. The molecule has 162 valence electrons. The highest BCUT2D eigenvalue weighted by molar-refractivity contribution is 6.30. The average Bonchev–Trinajstić information content (AvgIpc) is 2.75. The number of halogens is 1. The van der Waals surface area contributed by atoms with Crippen LogP contribution >= 0.6 is 11.6 Å². The van der Waals surface area contributed by atoms with Crippen LogP contribution in [0.1, 0.15) is 22.4 Å². The molecule has 4 rings (SSSR count). The fourth-order valence-corrected chi connectivity index (χ4v) is 3.90. The second-order valence-electron chi connectivity index (χ2n) is 8.18. The van der Waals surface area contributed by atoms with Crippen molar-refractivity contribution in [2.75, 3.05) is 38.5 Å². The molecule has 2 aromatic carbocycles. The van der Waals surface area contributed by atoms with Crippen LogP contribution in [-0.4, -0.2) is 53.0 Å². The minimum absolute atomic E-state index is 0.128. The van der Waals surface area contributed by atoms with Crippen LogP contribution in [0.3, 0.4) is 0 Å². The van der Waals surface area contributed by atoms with Crippen LogP contribution in [0.15, 0.2) is 53.3 Å². The zero-order valence-electron chi connectivity index (χ0n) is 18.0. The van der Waals surface area contributed by atoms with Crippen LogP contribution in [0.25, 0.3) is 0 Å². The summed E-state index contributed by atoms with van der Waals surface area (Å²) in [5.41, 5.74) is 4.46. The van der Waals surface area contributed by atoms with E-state index in [1.54, 1.807) is 0 Å². The van der Waals surface area contributed by atoms with Crippen molar-refractivity contribution in [2.24, 2.45) is 0 Å². The molecule has 2 heterocycles. The van der Waals surface area contributed by atoms with Crippen LogP contribution in [0.2, 0.25) is 5.02 Å². The summed E-state index contributed by atoms with van der Waals surface area (Å²) in [6.07, 6.45) is 0.520. The molecule has 0 atom stereocenters. The highest BCUT2D eigenvalue weighted by atomic mass is 35.5. The summed E-state index contributed by atoms with van der Waals surface area (Å²) in [4.78, 5) is 24.9. The SMILES string of the molecule is Cc1nc(Nc2ccc(CN3CCN(C)CC3)cc2)[nH]c(=O)c1Cc1ccc(Cl)cc1. The monoisotopic (exact) mass is 437 g/mol. The third-order valence-electron chi connectivity index (χ3n) is 5.74. The van der Waals surface area contributed by atoms with Gasteiger partial charge in [0.2, 0.25) is 5.95 Å². The summed E-state index contributed by atoms with van der Waals surface area (Å²) >= 11 is 5.95. The Balaban J connectivity index is 1.41. The number of rotatable bonds is 6. The first-order valence-electron chi connectivity index (χ1n) is 10.6. The number of hydrogen-bond acceptors (Lipinski definition) is 5. The largest absolute Gasteiger partial charge is 0.326 e. The summed E-state index contributed by atoms with van der Waals surface area (Å²) in [5, 5.41) is 3.90. The number of anilines is 2. The fourth-order valence-electron chi connectivity index (χ4n) is 3.78. The van der Waals surface area contributed by atoms with E-state index in [1.165, 1.54) is 5.56 Å². The van der Waals surface area contributed by atoms with E-state index in [-0.39, 0.29) is 5.56 Å². The van der Waals surface area contributed by atoms with Gasteiger partial charge in [0, 0.05) is 55.4 Å². The number of nitrogens with zero attached hydrogens (tertiary/aromatic N) is 3. The topological polar surface area (TPSA) is 64.3 Å². The van der Waals surface area contributed by atoms with Crippen molar-refractivity contribution in [2.45, 2.75) is 19.9 Å². The number of benzene rings is 2. The van der Waals surface area contributed by atoms with Crippen molar-refractivity contribution >= 4 is 23.2 Å². The number of H-pyrrole nitrogens is 1. The van der Waals surface area contributed by atoms with Crippen LogP contribution in [0.5, 0.6) is 0 Å². The van der Waals surface area contributed by atoms with E-state index in [0.29, 0.717) is 28.6 Å². The maximum Gasteiger partial charge on any atom is 0.256 e. The predicted octanol–water partition coefficient (Wildman–Crippen LogP) is 3.81. The molecule has 0 saturated carbocycles. The summed E-state index contributed by atoms with van der Waals surface area (Å²) in [7, 11) is 2.17. The van der Waals surface area contributed by atoms with Crippen LogP contribution < -0.4 is 10.9 Å². The van der Waals surface area contributed by atoms with Gasteiger partial charge in [-0.25, -0.2) is 4.98 Å². The van der Waals surface area contributed by atoms with E-state index in [1.807, 2.05) is 43.3 Å². The molecule has 2 N–H and O–H groups in total. The molecule has 0 spiro atoms. The van der Waals surface area contributed by atoms with Gasteiger partial charge in [-0.15, -0.1) is 0 Å². The Bertz CT molecular complexity index is 1070. The summed E-state index contributed by atoms with van der Waals surface area (Å²) in [6, 6.07) is 15.8. The van der Waals surface area contributed by atoms with Gasteiger partial charge in [0.15, 0.2) is 0 Å². The van der Waals surface area contributed by atoms with Crippen molar-refractivity contribution < 1.29 is 0 Å². The minimum atomic E-state index is -0.128. The van der Waals surface area contributed by atoms with Gasteiger partial charge in [0.1, 0.15) is 0 Å². The maximum atomic E-state index is 12.7. The molecule has 6 nitrogen and oxygen atoms in total. The molecular formula is C24H28ClN5O. The molecule has 1 aliphatic heterocycles. The lowest BCUT2D eigenvalue weighted by atomic mass is 10.1. The molecule has 1 aliphatic rings. The third kappa shape index (κ3) is 5.73. The quantitative estimate of drug-likeness (QED) is 0.613. The van der Waals surface area contributed by atoms with Crippen LogP contribution in [-0.2, 0) is 13.0 Å². The van der Waals surface area contributed by atoms with E-state index in [9.17, 15) is 4.79 Å². The van der Waals surface area contributed by atoms with Gasteiger partial charge in [-0.3, -0.25) is 14.7 Å². The molecule has 0 bridgehead atoms. The Labute approximate surface area is 187 Å². The van der Waals surface area contributed by atoms with Crippen molar-refractivity contribution in [3.05, 3.63) is 86.3 Å². The second kappa shape index (κ2) is 9.64. The molecule has 0 radical (unpaired) electrons. The number of aryl methyl sites for hydroxylation is 1. The Hall–Kier alpha value is -2.67. The normalized spacial score (nSPS) is 15.2. The first-order chi connectivity index (χ1) is 15.0. The number of hydrogen-bond donors (Lipinski definition) is 2. The smallest absolute Gasteiger partial charge is 0.256 e. The number of piperazine rings is 1. The second-order valence-corrected chi connectivity index (χ2v) is 8.62. The van der Waals surface area contributed by atoms with E-state index in [2.05, 4.69) is 44.3 Å². The van der Waals surface area contributed by atoms with E-state index in [4.69, 9.17) is 11.6 Å². The number of likely N-dealkylation sites (N-methyl/N-ethyl adjacent to an activating group) is 1. The first-order valence-corrected chi connectivity index (χ1v) is 11.0. The van der Waals surface area contributed by atoms with Crippen molar-refractivity contribution in [1.29, 1.82) is 0 Å². The molecule has 1 fully saturated rings. The molecule has 0 unspecified atom stereocenters. The van der Waals surface area contributed by atoms with Crippen molar-refractivity contribution in [1.82, 2.24) is 19.8 Å². The van der Waals surface area contributed by atoms with Crippen molar-refractivity contribution in [3.63, 3.8) is 0 Å². The van der Waals surface area contributed by atoms with E-state index < -0.39 is 0 Å². The predicted molar refractivity (Wildman–Crippen MR) is 126 cm³/mol. The Morgan fingerprint density at radius 2 is 1.65 bits per heavy atom. The molecular weight excluding hydrogens is 410 g/mol. The van der Waals surface area contributed by atoms with Crippen molar-refractivity contribution in [3.8, 4) is 0 Å². The number of aromatic amines is 1. The van der Waals surface area contributed by atoms with Gasteiger partial charge in [-0.05, 0) is 49.4 Å². The lowest BCUT2D eigenvalue weighted by Crippen LogP contribution is -2.43. The van der Waals surface area contributed by atoms with Gasteiger partial charge in [0.25, 0.3) is 5.56 Å². The summed E-state index contributed by atoms with van der Waals surface area (Å²) < 4.78 is 0. The van der Waals surface area contributed by atoms with Gasteiger partial charge in [-0.2, -0.15) is 0 Å². The van der Waals surface area contributed by atoms with Crippen LogP contribution in [0.4, 0.5) is 11.6 Å². The highest BCUT2D eigenvalue weighted by Gasteiger charge is 2.14. The molecule has 1 aromatic heterocycles. The zero-order valence-corrected chi connectivity index (χ0v) is 18.7. The van der Waals surface area contributed by atoms with Gasteiger partial charge in [-0.1, -0.05) is 35.9 Å². The zero-order chi connectivity index (χ0) is 21.8. The Kier molecular flexibility index (Phi) is 6.70. The van der Waals surface area contributed by atoms with E-state index >= 15 is 0 Å². The molecule has 1 saturated heterocycles. The van der Waals surface area contributed by atoms with Crippen LogP contribution in [0, 0.1) is 6.92 Å². The molecule has 7 heteroatoms. The lowest BCUT2D eigenvalue weighted by Gasteiger charge is -2.32. The summed E-state index contributed by atoms with van der Waals surface area (Å²) in [5.74, 6) is 0.453. The highest BCUT2D eigenvalue weighted by Crippen LogP contribution is 2.17. The number of nitrogens with one attached hydrogen (secondary N) is 2. The average molecular weight is 438 g/mol. The summed E-state index contributed by atoms with van der Waals surface area (Å²) in [6.45, 7) is 7.26. The third-order valence-corrected chi connectivity index (χ3v) is 5.99. The minimum Gasteiger partial charge on any atom is -0.326 e. The fraction of sp³-hybridized carbons (Fsp3) is 0.333. The number of aromatic nitrogens is 2.